The maximum absolute atomic E-state index is 11.7. The Hall–Kier alpha value is -1.99. The van der Waals surface area contributed by atoms with Crippen molar-refractivity contribution in [2.45, 2.75) is 0 Å². The van der Waals surface area contributed by atoms with Crippen molar-refractivity contribution >= 4 is 51.0 Å². The van der Waals surface area contributed by atoms with Gasteiger partial charge >= 0.3 is 5.97 Å². The second kappa shape index (κ2) is 6.44. The van der Waals surface area contributed by atoms with E-state index in [4.69, 9.17) is 5.11 Å². The molecule has 0 atom stereocenters. The molecule has 0 unspecified atom stereocenters. The van der Waals surface area contributed by atoms with Gasteiger partial charge in [0.1, 0.15) is 11.4 Å². The number of anilines is 1. The number of carbonyl (C=O) groups is 2. The molecule has 0 aromatic carbocycles. The molecule has 7 heteroatoms. The number of rotatable bonds is 4. The Balaban J connectivity index is 2.09. The van der Waals surface area contributed by atoms with Crippen molar-refractivity contribution in [3.63, 3.8) is 0 Å². The molecule has 0 aliphatic rings. The predicted octanol–water partition coefficient (Wildman–Crippen LogP) is 3.26. The lowest BCUT2D eigenvalue weighted by Crippen LogP contribution is -2.13. The zero-order valence-corrected chi connectivity index (χ0v) is 12.4. The molecule has 1 amide bonds. The Bertz CT molecular complexity index is 682. The second-order valence-corrected chi connectivity index (χ2v) is 6.16. The maximum atomic E-state index is 11.7. The number of carboxylic acid groups (broad SMARTS) is 1. The molecule has 0 fully saturated rings. The number of aromatic carboxylic acids is 1. The molecule has 102 valence electrons. The van der Waals surface area contributed by atoms with E-state index in [-0.39, 0.29) is 11.4 Å². The fourth-order valence-electron chi connectivity index (χ4n) is 1.41. The van der Waals surface area contributed by atoms with Crippen LogP contribution in [0.4, 0.5) is 5.82 Å². The van der Waals surface area contributed by atoms with Crippen molar-refractivity contribution in [2.24, 2.45) is 0 Å². The first kappa shape index (κ1) is 14.4. The van der Waals surface area contributed by atoms with Gasteiger partial charge in [-0.15, -0.1) is 11.3 Å². The zero-order valence-electron chi connectivity index (χ0n) is 10.0. The molecule has 0 spiro atoms. The van der Waals surface area contributed by atoms with Crippen LogP contribution in [0.15, 0.2) is 40.3 Å². The van der Waals surface area contributed by atoms with E-state index in [1.54, 1.807) is 6.08 Å². The van der Waals surface area contributed by atoms with E-state index in [0.29, 0.717) is 0 Å². The predicted molar refractivity (Wildman–Crippen MR) is 80.9 cm³/mol. The third-order valence-electron chi connectivity index (χ3n) is 2.27. The Labute approximate surface area is 127 Å². The molecule has 0 bridgehead atoms. The molecular weight excluding hydrogens is 344 g/mol. The standard InChI is InChI=1S/C13H9BrN2O3S/c14-10-5-3-8(20-10)4-6-11(17)16-12-9(13(18)19)2-1-7-15-12/h1-7H,(H,18,19)(H,15,16,17). The smallest absolute Gasteiger partial charge is 0.339 e. The molecule has 0 radical (unpaired) electrons. The van der Waals surface area contributed by atoms with Gasteiger partial charge in [-0.2, -0.15) is 0 Å². The molecule has 20 heavy (non-hydrogen) atoms. The highest BCUT2D eigenvalue weighted by molar-refractivity contribution is 9.11. The van der Waals surface area contributed by atoms with Gasteiger partial charge in [0.15, 0.2) is 0 Å². The third kappa shape index (κ3) is 3.75. The molecule has 2 heterocycles. The summed E-state index contributed by atoms with van der Waals surface area (Å²) in [5.41, 5.74) is -0.0480. The lowest BCUT2D eigenvalue weighted by atomic mass is 10.2. The SMILES string of the molecule is O=C(C=Cc1ccc(Br)s1)Nc1ncccc1C(=O)O. The van der Waals surface area contributed by atoms with E-state index in [1.165, 1.54) is 35.7 Å². The van der Waals surface area contributed by atoms with Gasteiger partial charge in [0, 0.05) is 17.2 Å². The monoisotopic (exact) mass is 352 g/mol. The first-order chi connectivity index (χ1) is 9.56. The molecule has 2 rings (SSSR count). The highest BCUT2D eigenvalue weighted by Gasteiger charge is 2.11. The fraction of sp³-hybridized carbons (Fsp3) is 0. The molecule has 0 saturated heterocycles. The van der Waals surface area contributed by atoms with Crippen LogP contribution in [0.3, 0.4) is 0 Å². The van der Waals surface area contributed by atoms with Crippen LogP contribution in [-0.4, -0.2) is 22.0 Å². The molecule has 2 aromatic rings. The van der Waals surface area contributed by atoms with Crippen LogP contribution >= 0.6 is 27.3 Å². The van der Waals surface area contributed by atoms with Crippen LogP contribution in [0.5, 0.6) is 0 Å². The van der Waals surface area contributed by atoms with Crippen molar-refractivity contribution < 1.29 is 14.7 Å². The van der Waals surface area contributed by atoms with Crippen LogP contribution < -0.4 is 5.32 Å². The van der Waals surface area contributed by atoms with E-state index in [2.05, 4.69) is 26.2 Å². The maximum Gasteiger partial charge on any atom is 0.339 e. The molecule has 0 saturated carbocycles. The van der Waals surface area contributed by atoms with Crippen LogP contribution in [-0.2, 0) is 4.79 Å². The zero-order chi connectivity index (χ0) is 14.5. The van der Waals surface area contributed by atoms with Crippen molar-refractivity contribution in [1.82, 2.24) is 4.98 Å². The number of nitrogens with one attached hydrogen (secondary N) is 1. The average molecular weight is 353 g/mol. The van der Waals surface area contributed by atoms with Crippen molar-refractivity contribution in [3.05, 3.63) is 50.8 Å². The molecule has 2 N–H and O–H groups in total. The molecule has 0 aliphatic heterocycles. The van der Waals surface area contributed by atoms with Crippen molar-refractivity contribution in [1.29, 1.82) is 0 Å². The topological polar surface area (TPSA) is 79.3 Å². The Morgan fingerprint density at radius 3 is 2.80 bits per heavy atom. The summed E-state index contributed by atoms with van der Waals surface area (Å²) in [5, 5.41) is 11.4. The fourth-order valence-corrected chi connectivity index (χ4v) is 2.74. The summed E-state index contributed by atoms with van der Waals surface area (Å²) in [5.74, 6) is -1.54. The lowest BCUT2D eigenvalue weighted by molar-refractivity contribution is -0.111. The minimum absolute atomic E-state index is 0.0296. The number of amides is 1. The number of halogens is 1. The molecule has 0 aliphatic carbocycles. The van der Waals surface area contributed by atoms with Crippen molar-refractivity contribution in [2.75, 3.05) is 5.32 Å². The van der Waals surface area contributed by atoms with Crippen LogP contribution in [0, 0.1) is 0 Å². The Morgan fingerprint density at radius 1 is 1.35 bits per heavy atom. The number of hydrogen-bond donors (Lipinski definition) is 2. The summed E-state index contributed by atoms with van der Waals surface area (Å²) in [6.07, 6.45) is 4.40. The second-order valence-electron chi connectivity index (χ2n) is 3.67. The van der Waals surface area contributed by atoms with E-state index in [0.717, 1.165) is 8.66 Å². The normalized spacial score (nSPS) is 10.7. The first-order valence-corrected chi connectivity index (χ1v) is 7.10. The minimum Gasteiger partial charge on any atom is -0.478 e. The number of nitrogens with zero attached hydrogens (tertiary/aromatic N) is 1. The van der Waals surface area contributed by atoms with Crippen LogP contribution in [0.1, 0.15) is 15.2 Å². The van der Waals surface area contributed by atoms with Crippen LogP contribution in [0.25, 0.3) is 6.08 Å². The van der Waals surface area contributed by atoms with Crippen molar-refractivity contribution in [3.8, 4) is 0 Å². The van der Waals surface area contributed by atoms with Gasteiger partial charge in [0.05, 0.1) is 3.79 Å². The Kier molecular flexibility index (Phi) is 4.65. The summed E-state index contributed by atoms with van der Waals surface area (Å²) >= 11 is 4.81. The summed E-state index contributed by atoms with van der Waals surface area (Å²) in [4.78, 5) is 27.5. The molecule has 5 nitrogen and oxygen atoms in total. The summed E-state index contributed by atoms with van der Waals surface area (Å²) in [6.45, 7) is 0. The number of pyridine rings is 1. The summed E-state index contributed by atoms with van der Waals surface area (Å²) in [6, 6.07) is 6.62. The van der Waals surface area contributed by atoms with Gasteiger partial charge in [-0.05, 0) is 46.3 Å². The number of carboxylic acids is 1. The van der Waals surface area contributed by atoms with E-state index in [1.807, 2.05) is 12.1 Å². The van der Waals surface area contributed by atoms with E-state index >= 15 is 0 Å². The largest absolute Gasteiger partial charge is 0.478 e. The van der Waals surface area contributed by atoms with Gasteiger partial charge < -0.3 is 10.4 Å². The third-order valence-corrected chi connectivity index (χ3v) is 3.86. The highest BCUT2D eigenvalue weighted by Crippen LogP contribution is 2.23. The molecule has 2 aromatic heterocycles. The number of carbonyl (C=O) groups excluding carboxylic acids is 1. The lowest BCUT2D eigenvalue weighted by Gasteiger charge is -2.04. The number of aromatic nitrogens is 1. The average Bonchev–Trinajstić information content (AvgIpc) is 2.83. The van der Waals surface area contributed by atoms with E-state index < -0.39 is 11.9 Å². The number of thiophene rings is 1. The van der Waals surface area contributed by atoms with Gasteiger partial charge in [0.2, 0.25) is 5.91 Å². The number of hydrogen-bond acceptors (Lipinski definition) is 4. The van der Waals surface area contributed by atoms with Gasteiger partial charge in [-0.3, -0.25) is 4.79 Å². The van der Waals surface area contributed by atoms with Gasteiger partial charge in [0.25, 0.3) is 0 Å². The van der Waals surface area contributed by atoms with Gasteiger partial charge in [-0.25, -0.2) is 9.78 Å². The van der Waals surface area contributed by atoms with Crippen LogP contribution in [0.2, 0.25) is 0 Å². The quantitative estimate of drug-likeness (QED) is 0.827. The minimum atomic E-state index is -1.14. The summed E-state index contributed by atoms with van der Waals surface area (Å²) in [7, 11) is 0. The highest BCUT2D eigenvalue weighted by atomic mass is 79.9. The summed E-state index contributed by atoms with van der Waals surface area (Å²) < 4.78 is 0.968. The van der Waals surface area contributed by atoms with E-state index in [9.17, 15) is 9.59 Å². The van der Waals surface area contributed by atoms with Gasteiger partial charge in [-0.1, -0.05) is 0 Å². The Morgan fingerprint density at radius 2 is 2.15 bits per heavy atom. The first-order valence-electron chi connectivity index (χ1n) is 5.49. The molecular formula is C13H9BrN2O3S.